The fourth-order valence-electron chi connectivity index (χ4n) is 2.23. The minimum Gasteiger partial charge on any atom is -0.474 e. The molecule has 0 aliphatic carbocycles. The maximum atomic E-state index is 11.4. The molecular formula is C19H32O3Si. The summed E-state index contributed by atoms with van der Waals surface area (Å²) in [6.07, 6.45) is 5.38. The number of furan rings is 1. The van der Waals surface area contributed by atoms with Crippen molar-refractivity contribution in [1.82, 2.24) is 0 Å². The van der Waals surface area contributed by atoms with Crippen molar-refractivity contribution < 1.29 is 13.9 Å². The van der Waals surface area contributed by atoms with Gasteiger partial charge >= 0.3 is 5.97 Å². The Balaban J connectivity index is 3.00. The lowest BCUT2D eigenvalue weighted by Gasteiger charge is -2.34. The summed E-state index contributed by atoms with van der Waals surface area (Å²) in [5.74, 6) is -0.248. The van der Waals surface area contributed by atoms with Crippen molar-refractivity contribution >= 4 is 19.4 Å². The third kappa shape index (κ3) is 5.38. The van der Waals surface area contributed by atoms with Crippen LogP contribution >= 0.6 is 0 Å². The van der Waals surface area contributed by atoms with Crippen LogP contribution in [0, 0.1) is 0 Å². The van der Waals surface area contributed by atoms with Gasteiger partial charge in [-0.05, 0) is 37.8 Å². The van der Waals surface area contributed by atoms with E-state index in [-0.39, 0.29) is 17.1 Å². The highest BCUT2D eigenvalue weighted by molar-refractivity contribution is 6.91. The van der Waals surface area contributed by atoms with E-state index in [1.54, 1.807) is 6.26 Å². The summed E-state index contributed by atoms with van der Waals surface area (Å²) in [7, 11) is -1.71. The smallest absolute Gasteiger partial charge is 0.303 e. The van der Waals surface area contributed by atoms with Gasteiger partial charge in [0.2, 0.25) is 0 Å². The minimum atomic E-state index is -1.71. The largest absolute Gasteiger partial charge is 0.474 e. The van der Waals surface area contributed by atoms with Crippen LogP contribution in [0.15, 0.2) is 28.4 Å². The first-order valence-corrected chi connectivity index (χ1v) is 11.3. The molecule has 0 saturated carbocycles. The maximum Gasteiger partial charge on any atom is 0.303 e. The molecule has 1 atom stereocenters. The third-order valence-corrected chi connectivity index (χ3v) is 10.0. The third-order valence-electron chi connectivity index (χ3n) is 4.77. The summed E-state index contributed by atoms with van der Waals surface area (Å²) in [6, 6.07) is 2.10. The molecule has 1 aromatic rings. The highest BCUT2D eigenvalue weighted by Crippen LogP contribution is 2.36. The standard InChI is InChI=1S/C19H32O3Si/c1-14(2)10-9-11-17(22-15(3)20)16-12-18(21-13-16)23(7,8)19(4,5)6/h10,12-13,17H,9,11H2,1-8H3. The van der Waals surface area contributed by atoms with Gasteiger partial charge in [0.1, 0.15) is 14.2 Å². The molecule has 0 saturated heterocycles. The van der Waals surface area contributed by atoms with Gasteiger partial charge in [0.25, 0.3) is 0 Å². The van der Waals surface area contributed by atoms with Crippen molar-refractivity contribution in [3.8, 4) is 0 Å². The highest BCUT2D eigenvalue weighted by Gasteiger charge is 2.40. The zero-order valence-corrected chi connectivity index (χ0v) is 16.9. The Morgan fingerprint density at radius 2 is 1.91 bits per heavy atom. The molecule has 4 heteroatoms. The Bertz CT molecular complexity index is 557. The van der Waals surface area contributed by atoms with E-state index in [9.17, 15) is 4.79 Å². The average molecular weight is 337 g/mol. The van der Waals surface area contributed by atoms with Crippen molar-refractivity contribution in [2.24, 2.45) is 0 Å². The quantitative estimate of drug-likeness (QED) is 0.399. The van der Waals surface area contributed by atoms with Gasteiger partial charge in [0.15, 0.2) is 0 Å². The second kappa shape index (κ2) is 7.52. The SMILES string of the molecule is CC(=O)OC(CCC=C(C)C)c1coc([Si](C)(C)C(C)(C)C)c1. The van der Waals surface area contributed by atoms with Gasteiger partial charge in [-0.1, -0.05) is 45.5 Å². The Labute approximate surface area is 142 Å². The molecule has 0 spiro atoms. The lowest BCUT2D eigenvalue weighted by molar-refractivity contribution is -0.147. The Kier molecular flexibility index (Phi) is 6.46. The number of ether oxygens (including phenoxy) is 1. The number of carbonyl (C=O) groups is 1. The molecule has 3 nitrogen and oxygen atoms in total. The van der Waals surface area contributed by atoms with E-state index in [2.05, 4.69) is 59.9 Å². The molecule has 0 aliphatic rings. The zero-order chi connectivity index (χ0) is 17.8. The van der Waals surface area contributed by atoms with Crippen LogP contribution in [0.25, 0.3) is 0 Å². The molecule has 1 heterocycles. The van der Waals surface area contributed by atoms with Gasteiger partial charge in [-0.3, -0.25) is 4.79 Å². The van der Waals surface area contributed by atoms with E-state index in [0.29, 0.717) is 0 Å². The van der Waals surface area contributed by atoms with Crippen LogP contribution in [-0.4, -0.2) is 14.0 Å². The van der Waals surface area contributed by atoms with Gasteiger partial charge in [0, 0.05) is 12.5 Å². The topological polar surface area (TPSA) is 39.4 Å². The second-order valence-electron chi connectivity index (χ2n) is 8.08. The molecule has 0 aliphatic heterocycles. The minimum absolute atomic E-state index is 0.209. The molecule has 1 rings (SSSR count). The first-order valence-electron chi connectivity index (χ1n) is 8.34. The summed E-state index contributed by atoms with van der Waals surface area (Å²) in [5.41, 5.74) is 2.25. The summed E-state index contributed by atoms with van der Waals surface area (Å²) in [4.78, 5) is 11.4. The lowest BCUT2D eigenvalue weighted by atomic mass is 10.1. The van der Waals surface area contributed by atoms with E-state index in [1.165, 1.54) is 12.5 Å². The number of hydrogen-bond acceptors (Lipinski definition) is 3. The molecule has 0 N–H and O–H groups in total. The summed E-state index contributed by atoms with van der Waals surface area (Å²) >= 11 is 0. The van der Waals surface area contributed by atoms with Gasteiger partial charge in [-0.25, -0.2) is 0 Å². The number of esters is 1. The predicted octanol–water partition coefficient (Wildman–Crippen LogP) is 5.35. The molecule has 1 unspecified atom stereocenters. The van der Waals surface area contributed by atoms with Crippen molar-refractivity contribution in [3.05, 3.63) is 29.5 Å². The number of allylic oxidation sites excluding steroid dienone is 2. The van der Waals surface area contributed by atoms with Crippen molar-refractivity contribution in [1.29, 1.82) is 0 Å². The fraction of sp³-hybridized carbons (Fsp3) is 0.632. The van der Waals surface area contributed by atoms with E-state index < -0.39 is 8.07 Å². The second-order valence-corrected chi connectivity index (χ2v) is 13.3. The van der Waals surface area contributed by atoms with Crippen molar-refractivity contribution in [2.75, 3.05) is 0 Å². The molecule has 130 valence electrons. The number of hydrogen-bond donors (Lipinski definition) is 0. The molecule has 23 heavy (non-hydrogen) atoms. The van der Waals surface area contributed by atoms with Gasteiger partial charge in [-0.15, -0.1) is 0 Å². The Morgan fingerprint density at radius 1 is 1.30 bits per heavy atom. The van der Waals surface area contributed by atoms with Crippen LogP contribution in [0.1, 0.15) is 66.1 Å². The van der Waals surface area contributed by atoms with Crippen molar-refractivity contribution in [3.63, 3.8) is 0 Å². The first-order chi connectivity index (χ1) is 10.4. The normalized spacial score (nSPS) is 13.6. The van der Waals surface area contributed by atoms with E-state index >= 15 is 0 Å². The van der Waals surface area contributed by atoms with Crippen molar-refractivity contribution in [2.45, 2.75) is 78.6 Å². The van der Waals surface area contributed by atoms with Crippen LogP contribution in [0.5, 0.6) is 0 Å². The predicted molar refractivity (Wildman–Crippen MR) is 98.7 cm³/mol. The van der Waals surface area contributed by atoms with E-state index in [0.717, 1.165) is 23.8 Å². The van der Waals surface area contributed by atoms with E-state index in [4.69, 9.17) is 9.15 Å². The Hall–Kier alpha value is -1.29. The Morgan fingerprint density at radius 3 is 2.39 bits per heavy atom. The van der Waals surface area contributed by atoms with Crippen LogP contribution in [0.2, 0.25) is 18.1 Å². The molecule has 0 aromatic carbocycles. The summed E-state index contributed by atoms with van der Waals surface area (Å²) in [5, 5.41) is 1.28. The summed E-state index contributed by atoms with van der Waals surface area (Å²) < 4.78 is 11.4. The van der Waals surface area contributed by atoms with Crippen LogP contribution in [0.3, 0.4) is 0 Å². The molecule has 0 fully saturated rings. The molecule has 0 bridgehead atoms. The summed E-state index contributed by atoms with van der Waals surface area (Å²) in [6.45, 7) is 17.0. The number of rotatable bonds is 6. The van der Waals surface area contributed by atoms with Gasteiger partial charge < -0.3 is 9.15 Å². The lowest BCUT2D eigenvalue weighted by Crippen LogP contribution is -2.48. The van der Waals surface area contributed by atoms with Crippen LogP contribution in [0.4, 0.5) is 0 Å². The first kappa shape index (κ1) is 19.8. The van der Waals surface area contributed by atoms with E-state index in [1.807, 2.05) is 0 Å². The monoisotopic (exact) mass is 336 g/mol. The van der Waals surface area contributed by atoms with Crippen LogP contribution < -0.4 is 5.38 Å². The average Bonchev–Trinajstić information content (AvgIpc) is 2.85. The number of carbonyl (C=O) groups excluding carboxylic acids is 1. The molecule has 0 radical (unpaired) electrons. The maximum absolute atomic E-state index is 11.4. The molecule has 0 amide bonds. The molecule has 1 aromatic heterocycles. The zero-order valence-electron chi connectivity index (χ0n) is 15.9. The fourth-order valence-corrected chi connectivity index (χ4v) is 3.85. The highest BCUT2D eigenvalue weighted by atomic mass is 28.3. The van der Waals surface area contributed by atoms with Gasteiger partial charge in [-0.2, -0.15) is 0 Å². The van der Waals surface area contributed by atoms with Crippen LogP contribution in [-0.2, 0) is 9.53 Å². The van der Waals surface area contributed by atoms with Gasteiger partial charge in [0.05, 0.1) is 11.6 Å². The molecular weight excluding hydrogens is 304 g/mol.